The number of amides is 2. The van der Waals surface area contributed by atoms with Crippen LogP contribution in [0.4, 0.5) is 4.79 Å². The van der Waals surface area contributed by atoms with Gasteiger partial charge in [0.25, 0.3) is 5.91 Å². The van der Waals surface area contributed by atoms with Crippen molar-refractivity contribution in [3.05, 3.63) is 39.5 Å². The summed E-state index contributed by atoms with van der Waals surface area (Å²) in [7, 11) is 0. The Bertz CT molecular complexity index is 819. The van der Waals surface area contributed by atoms with E-state index in [0.717, 1.165) is 0 Å². The monoisotopic (exact) mass is 354 g/mol. The van der Waals surface area contributed by atoms with E-state index in [-0.39, 0.29) is 12.1 Å². The van der Waals surface area contributed by atoms with Crippen molar-refractivity contribution in [3.63, 3.8) is 0 Å². The number of aromatic nitrogens is 2. The highest BCUT2D eigenvalue weighted by atomic mass is 35.5. The lowest BCUT2D eigenvalue weighted by Crippen LogP contribution is -2.38. The van der Waals surface area contributed by atoms with E-state index in [0.29, 0.717) is 40.1 Å². The fourth-order valence-corrected chi connectivity index (χ4v) is 2.88. The summed E-state index contributed by atoms with van der Waals surface area (Å²) in [6.45, 7) is 0.703. The molecular formula is C14H12Cl2N4O3. The maximum absolute atomic E-state index is 11.9. The summed E-state index contributed by atoms with van der Waals surface area (Å²) in [5, 5.41) is 14.3. The van der Waals surface area contributed by atoms with Crippen LogP contribution in [0.15, 0.2) is 18.2 Å². The molecule has 2 amide bonds. The highest BCUT2D eigenvalue weighted by molar-refractivity contribution is 6.42. The summed E-state index contributed by atoms with van der Waals surface area (Å²) >= 11 is 11.9. The number of nitrogens with zero attached hydrogens (tertiary/aromatic N) is 3. The van der Waals surface area contributed by atoms with Gasteiger partial charge in [0.05, 0.1) is 34.4 Å². The molecule has 0 atom stereocenters. The zero-order chi connectivity index (χ0) is 16.7. The first kappa shape index (κ1) is 15.6. The minimum atomic E-state index is -1.05. The highest BCUT2D eigenvalue weighted by Gasteiger charge is 2.29. The van der Waals surface area contributed by atoms with Gasteiger partial charge >= 0.3 is 6.09 Å². The standard InChI is InChI=1S/C14H12Cl2N4O3/c15-8-2-1-7(5-9(8)16)12-11(13(17)21)10-6-19(14(22)23)3-4-20(10)18-12/h1-2,5H,3-4,6H2,(H2,17,21)(H,22,23). The molecule has 0 spiro atoms. The zero-order valence-corrected chi connectivity index (χ0v) is 13.3. The van der Waals surface area contributed by atoms with Crippen LogP contribution < -0.4 is 5.73 Å². The first-order valence-electron chi connectivity index (χ1n) is 6.71. The van der Waals surface area contributed by atoms with Gasteiger partial charge in [0.2, 0.25) is 0 Å². The smallest absolute Gasteiger partial charge is 0.407 e. The van der Waals surface area contributed by atoms with Crippen LogP contribution in [-0.4, -0.2) is 38.3 Å². The predicted molar refractivity (Wildman–Crippen MR) is 84.6 cm³/mol. The van der Waals surface area contributed by atoms with Crippen molar-refractivity contribution in [1.82, 2.24) is 14.7 Å². The number of benzene rings is 1. The van der Waals surface area contributed by atoms with Crippen molar-refractivity contribution in [2.24, 2.45) is 5.73 Å². The number of halogens is 2. The predicted octanol–water partition coefficient (Wildman–Crippen LogP) is 2.45. The average molecular weight is 355 g/mol. The Morgan fingerprint density at radius 3 is 2.57 bits per heavy atom. The molecule has 3 rings (SSSR count). The summed E-state index contributed by atoms with van der Waals surface area (Å²) in [6, 6.07) is 4.88. The lowest BCUT2D eigenvalue weighted by Gasteiger charge is -2.25. The molecule has 1 aromatic carbocycles. The van der Waals surface area contributed by atoms with Crippen LogP contribution in [0.25, 0.3) is 11.3 Å². The Balaban J connectivity index is 2.14. The van der Waals surface area contributed by atoms with Gasteiger partial charge in [-0.25, -0.2) is 4.79 Å². The molecule has 1 aliphatic rings. The van der Waals surface area contributed by atoms with Gasteiger partial charge in [-0.3, -0.25) is 9.48 Å². The van der Waals surface area contributed by atoms with Gasteiger partial charge in [-0.2, -0.15) is 5.10 Å². The van der Waals surface area contributed by atoms with Gasteiger partial charge in [0, 0.05) is 12.1 Å². The number of hydrogen-bond donors (Lipinski definition) is 2. The molecule has 7 nitrogen and oxygen atoms in total. The molecule has 1 aliphatic heterocycles. The molecule has 0 radical (unpaired) electrons. The zero-order valence-electron chi connectivity index (χ0n) is 11.8. The van der Waals surface area contributed by atoms with Crippen LogP contribution in [0.1, 0.15) is 16.1 Å². The Kier molecular flexibility index (Phi) is 3.91. The Hall–Kier alpha value is -2.25. The summed E-state index contributed by atoms with van der Waals surface area (Å²) < 4.78 is 1.61. The second-order valence-corrected chi connectivity index (χ2v) is 5.91. The number of fused-ring (bicyclic) bond motifs is 1. The maximum Gasteiger partial charge on any atom is 0.407 e. The topological polar surface area (TPSA) is 101 Å². The van der Waals surface area contributed by atoms with Crippen molar-refractivity contribution < 1.29 is 14.7 Å². The SMILES string of the molecule is NC(=O)c1c(-c2ccc(Cl)c(Cl)c2)nn2c1CN(C(=O)O)CC2. The number of nitrogens with two attached hydrogens (primary N) is 1. The molecule has 0 bridgehead atoms. The minimum absolute atomic E-state index is 0.0575. The van der Waals surface area contributed by atoms with E-state index < -0.39 is 12.0 Å². The molecule has 9 heteroatoms. The van der Waals surface area contributed by atoms with Gasteiger partial charge in [0.15, 0.2) is 0 Å². The summed E-state index contributed by atoms with van der Waals surface area (Å²) in [6.07, 6.45) is -1.05. The lowest BCUT2D eigenvalue weighted by atomic mass is 10.0. The number of carboxylic acid groups (broad SMARTS) is 1. The molecule has 0 saturated heterocycles. The van der Waals surface area contributed by atoms with Gasteiger partial charge < -0.3 is 15.7 Å². The van der Waals surface area contributed by atoms with E-state index in [2.05, 4.69) is 5.10 Å². The van der Waals surface area contributed by atoms with E-state index >= 15 is 0 Å². The Morgan fingerprint density at radius 2 is 1.96 bits per heavy atom. The molecule has 1 aromatic heterocycles. The van der Waals surface area contributed by atoms with Gasteiger partial charge in [-0.05, 0) is 12.1 Å². The highest BCUT2D eigenvalue weighted by Crippen LogP contribution is 2.32. The quantitative estimate of drug-likeness (QED) is 0.864. The van der Waals surface area contributed by atoms with Crippen molar-refractivity contribution in [2.75, 3.05) is 6.54 Å². The number of primary amides is 1. The van der Waals surface area contributed by atoms with E-state index in [1.165, 1.54) is 4.90 Å². The normalized spacial score (nSPS) is 13.7. The van der Waals surface area contributed by atoms with Crippen LogP contribution in [0, 0.1) is 0 Å². The molecule has 2 aromatic rings. The molecule has 0 fully saturated rings. The molecule has 0 unspecified atom stereocenters. The van der Waals surface area contributed by atoms with Crippen LogP contribution >= 0.6 is 23.2 Å². The third-order valence-corrected chi connectivity index (χ3v) is 4.43. The van der Waals surface area contributed by atoms with E-state index in [4.69, 9.17) is 34.0 Å². The summed E-state index contributed by atoms with van der Waals surface area (Å²) in [4.78, 5) is 24.3. The lowest BCUT2D eigenvalue weighted by molar-refractivity contribution is 0.0993. The Labute approximate surface area is 141 Å². The Morgan fingerprint density at radius 1 is 1.22 bits per heavy atom. The summed E-state index contributed by atoms with van der Waals surface area (Å²) in [5.74, 6) is -0.667. The molecule has 2 heterocycles. The van der Waals surface area contributed by atoms with Crippen molar-refractivity contribution in [2.45, 2.75) is 13.1 Å². The summed E-state index contributed by atoms with van der Waals surface area (Å²) in [5.41, 5.74) is 7.14. The van der Waals surface area contributed by atoms with Crippen LogP contribution in [-0.2, 0) is 13.1 Å². The number of carbonyl (C=O) groups excluding carboxylic acids is 1. The van der Waals surface area contributed by atoms with E-state index in [1.807, 2.05) is 0 Å². The largest absolute Gasteiger partial charge is 0.465 e. The molecule has 120 valence electrons. The second-order valence-electron chi connectivity index (χ2n) is 5.09. The fraction of sp³-hybridized carbons (Fsp3) is 0.214. The number of hydrogen-bond acceptors (Lipinski definition) is 3. The second kappa shape index (κ2) is 5.75. The van der Waals surface area contributed by atoms with Crippen LogP contribution in [0.5, 0.6) is 0 Å². The molecule has 3 N–H and O–H groups in total. The van der Waals surface area contributed by atoms with Crippen LogP contribution in [0.2, 0.25) is 10.0 Å². The molecular weight excluding hydrogens is 343 g/mol. The van der Waals surface area contributed by atoms with E-state index in [9.17, 15) is 9.59 Å². The number of carbonyl (C=O) groups is 2. The van der Waals surface area contributed by atoms with E-state index in [1.54, 1.807) is 22.9 Å². The van der Waals surface area contributed by atoms with Gasteiger partial charge in [-0.15, -0.1) is 0 Å². The van der Waals surface area contributed by atoms with Crippen molar-refractivity contribution in [1.29, 1.82) is 0 Å². The minimum Gasteiger partial charge on any atom is -0.465 e. The third kappa shape index (κ3) is 2.73. The van der Waals surface area contributed by atoms with Crippen molar-refractivity contribution in [3.8, 4) is 11.3 Å². The first-order valence-corrected chi connectivity index (χ1v) is 7.47. The number of rotatable bonds is 2. The third-order valence-electron chi connectivity index (χ3n) is 3.69. The first-order chi connectivity index (χ1) is 10.9. The molecule has 0 saturated carbocycles. The van der Waals surface area contributed by atoms with Gasteiger partial charge in [0.1, 0.15) is 5.69 Å². The maximum atomic E-state index is 11.9. The molecule has 23 heavy (non-hydrogen) atoms. The average Bonchev–Trinajstić information content (AvgIpc) is 2.88. The van der Waals surface area contributed by atoms with Crippen LogP contribution in [0.3, 0.4) is 0 Å². The molecule has 0 aliphatic carbocycles. The fourth-order valence-electron chi connectivity index (χ4n) is 2.59. The van der Waals surface area contributed by atoms with Crippen molar-refractivity contribution >= 4 is 35.2 Å². The van der Waals surface area contributed by atoms with Gasteiger partial charge in [-0.1, -0.05) is 29.3 Å².